The first-order chi connectivity index (χ1) is 8.08. The van der Waals surface area contributed by atoms with Gasteiger partial charge in [0.1, 0.15) is 0 Å². The van der Waals surface area contributed by atoms with Crippen LogP contribution in [0.3, 0.4) is 0 Å². The maximum atomic E-state index is 10.4. The van der Waals surface area contributed by atoms with Crippen molar-refractivity contribution in [3.63, 3.8) is 0 Å². The highest BCUT2D eigenvalue weighted by Gasteiger charge is 1.98. The number of benzene rings is 1. The summed E-state index contributed by atoms with van der Waals surface area (Å²) in [6.45, 7) is 0. The maximum Gasteiger partial charge on any atom is 0.303 e. The number of carbonyl (C=O) groups is 1. The van der Waals surface area contributed by atoms with Crippen molar-refractivity contribution < 1.29 is 9.90 Å². The summed E-state index contributed by atoms with van der Waals surface area (Å²) in [7, 11) is 0. The first kappa shape index (κ1) is 12.7. The van der Waals surface area contributed by atoms with E-state index < -0.39 is 5.97 Å². The van der Waals surface area contributed by atoms with Crippen molar-refractivity contribution in [2.45, 2.75) is 12.8 Å². The Labute approximate surface area is 98.7 Å². The van der Waals surface area contributed by atoms with Crippen LogP contribution in [-0.4, -0.2) is 23.2 Å². The maximum absolute atomic E-state index is 10.4. The highest BCUT2D eigenvalue weighted by Crippen LogP contribution is 2.05. The molecule has 0 saturated carbocycles. The zero-order valence-electron chi connectivity index (χ0n) is 9.21. The lowest BCUT2D eigenvalue weighted by molar-refractivity contribution is -0.136. The van der Waals surface area contributed by atoms with Crippen molar-refractivity contribution in [2.24, 2.45) is 21.7 Å². The van der Waals surface area contributed by atoms with Crippen molar-refractivity contribution in [3.8, 4) is 0 Å². The fraction of sp³-hybridized carbons (Fsp3) is 0.182. The predicted octanol–water partition coefficient (Wildman–Crippen LogP) is 0.311. The Hall–Kier alpha value is -2.37. The smallest absolute Gasteiger partial charge is 0.303 e. The molecule has 0 radical (unpaired) electrons. The third-order valence-corrected chi connectivity index (χ3v) is 1.99. The Morgan fingerprint density at radius 2 is 1.94 bits per heavy atom. The van der Waals surface area contributed by atoms with Crippen LogP contribution in [0.25, 0.3) is 0 Å². The number of aliphatic carboxylic acids is 1. The van der Waals surface area contributed by atoms with Gasteiger partial charge in [-0.3, -0.25) is 4.79 Å². The molecule has 1 aromatic rings. The van der Waals surface area contributed by atoms with Gasteiger partial charge in [0, 0.05) is 6.42 Å². The standard InChI is InChI=1S/C11H14N4O2/c12-11(13)15-14-7-9-3-1-8(2-4-9)5-6-10(16)17/h1-4,7H,5-6H2,(H,16,17)(H4,12,13,15)/b14-7+. The number of carboxylic acid groups (broad SMARTS) is 1. The molecule has 0 atom stereocenters. The Balaban J connectivity index is 2.58. The van der Waals surface area contributed by atoms with Gasteiger partial charge < -0.3 is 16.6 Å². The molecule has 17 heavy (non-hydrogen) atoms. The van der Waals surface area contributed by atoms with Crippen LogP contribution in [0.4, 0.5) is 0 Å². The average Bonchev–Trinajstić information content (AvgIpc) is 2.27. The highest BCUT2D eigenvalue weighted by molar-refractivity contribution is 5.81. The van der Waals surface area contributed by atoms with E-state index in [4.69, 9.17) is 16.6 Å². The molecule has 5 N–H and O–H groups in total. The normalized spacial score (nSPS) is 10.4. The van der Waals surface area contributed by atoms with Crippen LogP contribution in [0.2, 0.25) is 0 Å². The van der Waals surface area contributed by atoms with Crippen LogP contribution in [0, 0.1) is 0 Å². The van der Waals surface area contributed by atoms with E-state index in [0.29, 0.717) is 6.42 Å². The van der Waals surface area contributed by atoms with Crippen molar-refractivity contribution in [3.05, 3.63) is 35.4 Å². The fourth-order valence-electron chi connectivity index (χ4n) is 1.18. The van der Waals surface area contributed by atoms with Gasteiger partial charge in [-0.15, -0.1) is 5.10 Å². The number of guanidine groups is 1. The molecule has 0 saturated heterocycles. The van der Waals surface area contributed by atoms with Gasteiger partial charge in [0.15, 0.2) is 0 Å². The Morgan fingerprint density at radius 1 is 1.29 bits per heavy atom. The van der Waals surface area contributed by atoms with E-state index in [0.717, 1.165) is 11.1 Å². The highest BCUT2D eigenvalue weighted by atomic mass is 16.4. The number of rotatable bonds is 5. The van der Waals surface area contributed by atoms with Crippen LogP contribution in [0.5, 0.6) is 0 Å². The largest absolute Gasteiger partial charge is 0.481 e. The lowest BCUT2D eigenvalue weighted by Gasteiger charge is -1.98. The van der Waals surface area contributed by atoms with Gasteiger partial charge in [-0.25, -0.2) is 0 Å². The second-order valence-corrected chi connectivity index (χ2v) is 3.40. The second kappa shape index (κ2) is 6.26. The van der Waals surface area contributed by atoms with Gasteiger partial charge >= 0.3 is 5.97 Å². The van der Waals surface area contributed by atoms with Crippen molar-refractivity contribution in [2.75, 3.05) is 0 Å². The molecule has 90 valence electrons. The predicted molar refractivity (Wildman–Crippen MR) is 65.8 cm³/mol. The minimum atomic E-state index is -0.802. The molecule has 0 unspecified atom stereocenters. The summed E-state index contributed by atoms with van der Waals surface area (Å²) in [5.74, 6) is -0.900. The van der Waals surface area contributed by atoms with Crippen molar-refractivity contribution in [1.82, 2.24) is 0 Å². The van der Waals surface area contributed by atoms with Gasteiger partial charge in [-0.2, -0.15) is 5.10 Å². The summed E-state index contributed by atoms with van der Waals surface area (Å²) in [4.78, 5) is 10.4. The van der Waals surface area contributed by atoms with Gasteiger partial charge in [0.2, 0.25) is 5.96 Å². The number of nitrogens with two attached hydrogens (primary N) is 2. The van der Waals surface area contributed by atoms with E-state index in [-0.39, 0.29) is 12.4 Å². The number of hydrogen-bond acceptors (Lipinski definition) is 3. The van der Waals surface area contributed by atoms with Crippen molar-refractivity contribution >= 4 is 18.1 Å². The summed E-state index contributed by atoms with van der Waals surface area (Å²) >= 11 is 0. The van der Waals surface area contributed by atoms with E-state index in [1.54, 1.807) is 0 Å². The topological polar surface area (TPSA) is 114 Å². The molecule has 1 aromatic carbocycles. The van der Waals surface area contributed by atoms with Crippen LogP contribution in [0.1, 0.15) is 17.5 Å². The van der Waals surface area contributed by atoms with Gasteiger partial charge in [-0.1, -0.05) is 24.3 Å². The number of hydrogen-bond donors (Lipinski definition) is 3. The first-order valence-corrected chi connectivity index (χ1v) is 5.00. The Kier molecular flexibility index (Phi) is 4.68. The lowest BCUT2D eigenvalue weighted by Crippen LogP contribution is -2.21. The molecule has 0 heterocycles. The van der Waals surface area contributed by atoms with E-state index >= 15 is 0 Å². The molecule has 0 amide bonds. The molecular weight excluding hydrogens is 220 g/mol. The monoisotopic (exact) mass is 234 g/mol. The summed E-state index contributed by atoms with van der Waals surface area (Å²) < 4.78 is 0. The molecule has 0 fully saturated rings. The minimum absolute atomic E-state index is 0.0978. The van der Waals surface area contributed by atoms with E-state index in [1.807, 2.05) is 24.3 Å². The molecule has 6 heteroatoms. The molecule has 0 aliphatic carbocycles. The van der Waals surface area contributed by atoms with Crippen LogP contribution >= 0.6 is 0 Å². The van der Waals surface area contributed by atoms with Crippen LogP contribution in [0.15, 0.2) is 34.5 Å². The summed E-state index contributed by atoms with van der Waals surface area (Å²) in [5.41, 5.74) is 12.0. The molecule has 1 rings (SSSR count). The zero-order chi connectivity index (χ0) is 12.7. The molecule has 0 bridgehead atoms. The molecule has 0 aliphatic heterocycles. The molecule has 6 nitrogen and oxygen atoms in total. The molecule has 0 aromatic heterocycles. The quantitative estimate of drug-likeness (QED) is 0.386. The molecular formula is C11H14N4O2. The number of nitrogens with zero attached hydrogens (tertiary/aromatic N) is 2. The Morgan fingerprint density at radius 3 is 2.47 bits per heavy atom. The fourth-order valence-corrected chi connectivity index (χ4v) is 1.18. The van der Waals surface area contributed by atoms with Crippen LogP contribution in [-0.2, 0) is 11.2 Å². The first-order valence-electron chi connectivity index (χ1n) is 5.00. The SMILES string of the molecule is NC(N)=N/N=C/c1ccc(CCC(=O)O)cc1. The van der Waals surface area contributed by atoms with E-state index in [2.05, 4.69) is 10.2 Å². The van der Waals surface area contributed by atoms with E-state index in [9.17, 15) is 4.79 Å². The molecule has 0 aliphatic rings. The second-order valence-electron chi connectivity index (χ2n) is 3.40. The van der Waals surface area contributed by atoms with Crippen LogP contribution < -0.4 is 11.5 Å². The third-order valence-electron chi connectivity index (χ3n) is 1.99. The number of aryl methyl sites for hydroxylation is 1. The minimum Gasteiger partial charge on any atom is -0.481 e. The van der Waals surface area contributed by atoms with E-state index in [1.165, 1.54) is 6.21 Å². The summed E-state index contributed by atoms with van der Waals surface area (Å²) in [6.07, 6.45) is 2.16. The van der Waals surface area contributed by atoms with Crippen molar-refractivity contribution in [1.29, 1.82) is 0 Å². The number of carboxylic acids is 1. The molecule has 0 spiro atoms. The van der Waals surface area contributed by atoms with Gasteiger partial charge in [-0.05, 0) is 17.5 Å². The summed E-state index contributed by atoms with van der Waals surface area (Å²) in [5, 5.41) is 15.7. The third kappa shape index (κ3) is 5.31. The lowest BCUT2D eigenvalue weighted by atomic mass is 10.1. The summed E-state index contributed by atoms with van der Waals surface area (Å²) in [6, 6.07) is 7.34. The average molecular weight is 234 g/mol. The van der Waals surface area contributed by atoms with Gasteiger partial charge in [0.25, 0.3) is 0 Å². The zero-order valence-corrected chi connectivity index (χ0v) is 9.21. The Bertz CT molecular complexity index is 433. The van der Waals surface area contributed by atoms with Gasteiger partial charge in [0.05, 0.1) is 6.21 Å².